The molecule has 84 valence electrons. The van der Waals surface area contributed by atoms with E-state index >= 15 is 0 Å². The summed E-state index contributed by atoms with van der Waals surface area (Å²) < 4.78 is 15.0. The highest BCUT2D eigenvalue weighted by Gasteiger charge is 2.41. The fourth-order valence-corrected chi connectivity index (χ4v) is 1.74. The van der Waals surface area contributed by atoms with Gasteiger partial charge in [-0.1, -0.05) is 30.3 Å². The second-order valence-corrected chi connectivity index (χ2v) is 3.59. The second kappa shape index (κ2) is 4.49. The van der Waals surface area contributed by atoms with E-state index in [0.717, 1.165) is 5.56 Å². The molecule has 0 radical (unpaired) electrons. The summed E-state index contributed by atoms with van der Waals surface area (Å²) in [7, 11) is 1.30. The number of carbonyl (C=O) groups is 1. The molecule has 1 aliphatic heterocycles. The zero-order valence-corrected chi connectivity index (χ0v) is 9.40. The molecule has 1 aliphatic rings. The van der Waals surface area contributed by atoms with Crippen molar-refractivity contribution in [2.45, 2.75) is 12.2 Å². The van der Waals surface area contributed by atoms with Gasteiger partial charge in [0, 0.05) is 12.2 Å². The van der Waals surface area contributed by atoms with Crippen molar-refractivity contribution in [2.24, 2.45) is 0 Å². The van der Waals surface area contributed by atoms with Crippen molar-refractivity contribution in [3.05, 3.63) is 35.9 Å². The molecule has 5 heteroatoms. The molecular weight excluding hydrogens is 228 g/mol. The van der Waals surface area contributed by atoms with E-state index in [-0.39, 0.29) is 5.24 Å². The van der Waals surface area contributed by atoms with Crippen LogP contribution in [0.25, 0.3) is 0 Å². The lowest BCUT2D eigenvalue weighted by Gasteiger charge is -2.13. The Bertz CT molecular complexity index is 404. The van der Waals surface area contributed by atoms with Crippen molar-refractivity contribution >= 4 is 23.4 Å². The Morgan fingerprint density at radius 2 is 2.00 bits per heavy atom. The van der Waals surface area contributed by atoms with E-state index in [9.17, 15) is 4.79 Å². The van der Waals surface area contributed by atoms with Gasteiger partial charge in [0.05, 0.1) is 7.11 Å². The van der Waals surface area contributed by atoms with E-state index in [1.807, 2.05) is 30.3 Å². The Balaban J connectivity index is 2.26. The van der Waals surface area contributed by atoms with Gasteiger partial charge in [0.25, 0.3) is 0 Å². The number of thiocarbonyl (C=S) groups is 1. The zero-order chi connectivity index (χ0) is 11.5. The van der Waals surface area contributed by atoms with Crippen LogP contribution in [0.4, 0.5) is 0 Å². The number of carbonyl (C=O) groups excluding carboxylic acids is 1. The molecule has 0 N–H and O–H groups in total. The van der Waals surface area contributed by atoms with Crippen LogP contribution in [0.2, 0.25) is 0 Å². The number of benzene rings is 1. The van der Waals surface area contributed by atoms with Crippen LogP contribution in [0.15, 0.2) is 30.3 Å². The van der Waals surface area contributed by atoms with E-state index in [2.05, 4.69) is 4.74 Å². The van der Waals surface area contributed by atoms with Crippen LogP contribution in [0, 0.1) is 0 Å². The van der Waals surface area contributed by atoms with E-state index < -0.39 is 18.2 Å². The summed E-state index contributed by atoms with van der Waals surface area (Å²) in [5.74, 6) is -0.492. The number of methoxy groups -OCH3 is 1. The second-order valence-electron chi connectivity index (χ2n) is 3.26. The predicted octanol–water partition coefficient (Wildman–Crippen LogP) is 1.60. The van der Waals surface area contributed by atoms with Crippen molar-refractivity contribution in [3.8, 4) is 0 Å². The summed E-state index contributed by atoms with van der Waals surface area (Å²) in [5, 5.41) is -0.0238. The lowest BCUT2D eigenvalue weighted by molar-refractivity contribution is -0.150. The van der Waals surface area contributed by atoms with Crippen LogP contribution in [0.1, 0.15) is 11.7 Å². The summed E-state index contributed by atoms with van der Waals surface area (Å²) in [6.45, 7) is 0. The monoisotopic (exact) mass is 238 g/mol. The first-order valence-corrected chi connectivity index (χ1v) is 5.13. The Labute approximate surface area is 98.1 Å². The van der Waals surface area contributed by atoms with Crippen LogP contribution < -0.4 is 0 Å². The molecule has 2 rings (SSSR count). The van der Waals surface area contributed by atoms with Crippen LogP contribution in [0.3, 0.4) is 0 Å². The summed E-state index contributed by atoms with van der Waals surface area (Å²) in [4.78, 5) is 11.5. The van der Waals surface area contributed by atoms with Crippen molar-refractivity contribution < 1.29 is 19.0 Å². The van der Waals surface area contributed by atoms with Gasteiger partial charge in [0.15, 0.2) is 6.10 Å². The molecule has 1 aromatic carbocycles. The van der Waals surface area contributed by atoms with Gasteiger partial charge < -0.3 is 14.2 Å². The molecule has 0 spiro atoms. The normalized spacial score (nSPS) is 23.4. The van der Waals surface area contributed by atoms with Gasteiger partial charge in [-0.15, -0.1) is 0 Å². The number of ether oxygens (including phenoxy) is 3. The number of hydrogen-bond acceptors (Lipinski definition) is 5. The largest absolute Gasteiger partial charge is 0.466 e. The number of hydrogen-bond donors (Lipinski definition) is 0. The van der Waals surface area contributed by atoms with Gasteiger partial charge in [0.2, 0.25) is 6.10 Å². The molecule has 16 heavy (non-hydrogen) atoms. The fraction of sp³-hybridized carbons (Fsp3) is 0.273. The molecule has 1 heterocycles. The molecular formula is C11H10O4S. The van der Waals surface area contributed by atoms with Crippen molar-refractivity contribution in [1.29, 1.82) is 0 Å². The van der Waals surface area contributed by atoms with Crippen molar-refractivity contribution in [1.82, 2.24) is 0 Å². The number of esters is 1. The highest BCUT2D eigenvalue weighted by molar-refractivity contribution is 7.79. The first-order valence-electron chi connectivity index (χ1n) is 4.72. The average molecular weight is 238 g/mol. The third kappa shape index (κ3) is 1.99. The summed E-state index contributed by atoms with van der Waals surface area (Å²) in [6.07, 6.45) is -1.35. The maximum Gasteiger partial charge on any atom is 0.354 e. The maximum absolute atomic E-state index is 11.5. The smallest absolute Gasteiger partial charge is 0.354 e. The third-order valence-corrected chi connectivity index (χ3v) is 2.48. The van der Waals surface area contributed by atoms with Crippen molar-refractivity contribution in [2.75, 3.05) is 7.11 Å². The van der Waals surface area contributed by atoms with Gasteiger partial charge in [0.1, 0.15) is 0 Å². The Kier molecular flexibility index (Phi) is 3.05. The highest BCUT2D eigenvalue weighted by atomic mass is 32.1. The quantitative estimate of drug-likeness (QED) is 0.578. The Hall–Kier alpha value is -1.62. The Morgan fingerprint density at radius 1 is 1.31 bits per heavy atom. The molecule has 2 atom stereocenters. The summed E-state index contributed by atoms with van der Waals surface area (Å²) in [5.41, 5.74) is 0.831. The Morgan fingerprint density at radius 3 is 2.62 bits per heavy atom. The van der Waals surface area contributed by atoms with Crippen LogP contribution in [0.5, 0.6) is 0 Å². The molecule has 0 amide bonds. The molecule has 1 aromatic rings. The van der Waals surface area contributed by atoms with Gasteiger partial charge in [-0.25, -0.2) is 4.79 Å². The van der Waals surface area contributed by atoms with Gasteiger partial charge in [-0.05, 0) is 5.56 Å². The summed E-state index contributed by atoms with van der Waals surface area (Å²) in [6, 6.07) is 9.28. The first-order chi connectivity index (χ1) is 7.72. The van der Waals surface area contributed by atoms with Gasteiger partial charge in [-0.2, -0.15) is 0 Å². The minimum atomic E-state index is -0.820. The molecule has 1 fully saturated rings. The van der Waals surface area contributed by atoms with Crippen LogP contribution >= 0.6 is 12.2 Å². The minimum Gasteiger partial charge on any atom is -0.466 e. The average Bonchev–Trinajstić information content (AvgIpc) is 2.71. The van der Waals surface area contributed by atoms with Crippen LogP contribution in [-0.4, -0.2) is 24.4 Å². The molecule has 0 aromatic heterocycles. The molecule has 1 saturated heterocycles. The van der Waals surface area contributed by atoms with Gasteiger partial charge >= 0.3 is 11.2 Å². The molecule has 4 nitrogen and oxygen atoms in total. The lowest BCUT2D eigenvalue weighted by atomic mass is 10.0. The molecule has 0 saturated carbocycles. The molecule has 0 unspecified atom stereocenters. The predicted molar refractivity (Wildman–Crippen MR) is 59.8 cm³/mol. The van der Waals surface area contributed by atoms with E-state index in [4.69, 9.17) is 21.7 Å². The SMILES string of the molecule is COC(=O)[C@@H]1OC(=S)O[C@H]1c1ccccc1. The minimum absolute atomic E-state index is 0.0238. The lowest BCUT2D eigenvalue weighted by Crippen LogP contribution is -2.27. The van der Waals surface area contributed by atoms with Crippen molar-refractivity contribution in [3.63, 3.8) is 0 Å². The fourth-order valence-electron chi connectivity index (χ4n) is 1.53. The van der Waals surface area contributed by atoms with Crippen LogP contribution in [-0.2, 0) is 19.0 Å². The van der Waals surface area contributed by atoms with E-state index in [0.29, 0.717) is 0 Å². The molecule has 0 bridgehead atoms. The van der Waals surface area contributed by atoms with E-state index in [1.54, 1.807) is 0 Å². The standard InChI is InChI=1S/C11H10O4S/c1-13-10(12)9-8(14-11(16)15-9)7-5-3-2-4-6-7/h2-6,8-9H,1H3/t8-,9+/m0/s1. The zero-order valence-electron chi connectivity index (χ0n) is 8.58. The first kappa shape index (κ1) is 10.9. The van der Waals surface area contributed by atoms with E-state index in [1.165, 1.54) is 7.11 Å². The van der Waals surface area contributed by atoms with Gasteiger partial charge in [-0.3, -0.25) is 0 Å². The topological polar surface area (TPSA) is 44.8 Å². The molecule has 0 aliphatic carbocycles. The number of rotatable bonds is 2. The third-order valence-electron chi connectivity index (χ3n) is 2.28. The maximum atomic E-state index is 11.5. The highest BCUT2D eigenvalue weighted by Crippen LogP contribution is 2.30. The summed E-state index contributed by atoms with van der Waals surface area (Å²) >= 11 is 4.79.